The number of hydrogen-bond acceptors (Lipinski definition) is 5. The average molecular weight is 303 g/mol. The summed E-state index contributed by atoms with van der Waals surface area (Å²) in [5, 5.41) is 16.2. The van der Waals surface area contributed by atoms with E-state index in [0.29, 0.717) is 16.4 Å². The molecule has 1 fully saturated rings. The molecule has 7 nitrogen and oxygen atoms in total. The third kappa shape index (κ3) is 2.10. The first-order valence-corrected chi connectivity index (χ1v) is 7.08. The highest BCUT2D eigenvalue weighted by atomic mass is 16.7. The molecular weight excluding hydrogens is 285 g/mol. The van der Waals surface area contributed by atoms with Crippen LogP contribution in [0.5, 0.6) is 0 Å². The van der Waals surface area contributed by atoms with E-state index in [0.717, 1.165) is 0 Å². The van der Waals surface area contributed by atoms with Crippen LogP contribution in [0.1, 0.15) is 27.7 Å². The lowest BCUT2D eigenvalue weighted by Gasteiger charge is -2.32. The quantitative estimate of drug-likeness (QED) is 0.480. The Labute approximate surface area is 128 Å². The second kappa shape index (κ2) is 4.53. The van der Waals surface area contributed by atoms with Crippen molar-refractivity contribution in [2.75, 3.05) is 0 Å². The first kappa shape index (κ1) is 15.0. The van der Waals surface area contributed by atoms with E-state index in [-0.39, 0.29) is 5.69 Å². The molecule has 1 aliphatic heterocycles. The summed E-state index contributed by atoms with van der Waals surface area (Å²) in [6.45, 7) is 7.79. The first-order valence-electron chi connectivity index (χ1n) is 7.08. The van der Waals surface area contributed by atoms with Crippen molar-refractivity contribution in [2.45, 2.75) is 38.9 Å². The summed E-state index contributed by atoms with van der Waals surface area (Å²) in [4.78, 5) is 11.0. The molecule has 2 aromatic rings. The first-order chi connectivity index (χ1) is 10.1. The number of aryl methyl sites for hydroxylation is 1. The van der Waals surface area contributed by atoms with E-state index < -0.39 is 23.2 Å². The van der Waals surface area contributed by atoms with E-state index in [1.807, 2.05) is 33.8 Å². The normalized spacial score (nSPS) is 19.8. The monoisotopic (exact) mass is 303 g/mol. The summed E-state index contributed by atoms with van der Waals surface area (Å²) in [5.41, 5.74) is 0.144. The van der Waals surface area contributed by atoms with Crippen LogP contribution in [-0.4, -0.2) is 33.0 Å². The largest absolute Gasteiger partial charge is 0.495 e. The minimum Gasteiger partial charge on any atom is -0.399 e. The van der Waals surface area contributed by atoms with Gasteiger partial charge in [-0.2, -0.15) is 5.10 Å². The van der Waals surface area contributed by atoms with Gasteiger partial charge >= 0.3 is 7.12 Å². The zero-order valence-electron chi connectivity index (χ0n) is 13.3. The molecule has 0 amide bonds. The highest BCUT2D eigenvalue weighted by molar-refractivity contribution is 6.62. The second-order valence-electron chi connectivity index (χ2n) is 6.59. The highest BCUT2D eigenvalue weighted by Crippen LogP contribution is 2.37. The van der Waals surface area contributed by atoms with Crippen LogP contribution in [-0.2, 0) is 16.4 Å². The van der Waals surface area contributed by atoms with Crippen molar-refractivity contribution in [2.24, 2.45) is 7.05 Å². The van der Waals surface area contributed by atoms with Crippen molar-refractivity contribution < 1.29 is 14.2 Å². The van der Waals surface area contributed by atoms with Crippen LogP contribution >= 0.6 is 0 Å². The average Bonchev–Trinajstić information content (AvgIpc) is 2.87. The van der Waals surface area contributed by atoms with E-state index in [1.165, 1.54) is 10.7 Å². The fraction of sp³-hybridized carbons (Fsp3) is 0.500. The van der Waals surface area contributed by atoms with E-state index >= 15 is 0 Å². The predicted octanol–water partition coefficient (Wildman–Crippen LogP) is 1.78. The molecule has 0 N–H and O–H groups in total. The Morgan fingerprint density at radius 3 is 2.36 bits per heavy atom. The molecule has 0 aliphatic carbocycles. The molecule has 22 heavy (non-hydrogen) atoms. The van der Waals surface area contributed by atoms with Gasteiger partial charge in [0, 0.05) is 18.5 Å². The number of nitro groups is 1. The molecule has 3 rings (SSSR count). The molecule has 0 radical (unpaired) electrons. The van der Waals surface area contributed by atoms with Gasteiger partial charge in [-0.15, -0.1) is 0 Å². The number of fused-ring (bicyclic) bond motifs is 1. The van der Waals surface area contributed by atoms with Crippen LogP contribution in [0.2, 0.25) is 0 Å². The summed E-state index contributed by atoms with van der Waals surface area (Å²) in [7, 11) is 1.05. The Hall–Kier alpha value is -1.93. The molecule has 0 spiro atoms. The Kier molecular flexibility index (Phi) is 3.09. The number of rotatable bonds is 2. The summed E-state index contributed by atoms with van der Waals surface area (Å²) >= 11 is 0. The van der Waals surface area contributed by atoms with Crippen molar-refractivity contribution in [3.05, 3.63) is 28.4 Å². The molecular formula is C14H18BN3O4. The van der Waals surface area contributed by atoms with E-state index in [2.05, 4.69) is 5.10 Å². The highest BCUT2D eigenvalue weighted by Gasteiger charge is 2.52. The van der Waals surface area contributed by atoms with Crippen LogP contribution in [0.3, 0.4) is 0 Å². The number of benzene rings is 1. The SMILES string of the molecule is Cn1ncc2cc(B3OC(C)(C)C(C)(C)O3)cc([N+](=O)[O-])c21. The van der Waals surface area contributed by atoms with Crippen molar-refractivity contribution in [3.63, 3.8) is 0 Å². The minimum atomic E-state index is -0.631. The molecule has 1 aromatic heterocycles. The zero-order valence-corrected chi connectivity index (χ0v) is 13.3. The smallest absolute Gasteiger partial charge is 0.399 e. The molecule has 1 aromatic carbocycles. The molecule has 116 valence electrons. The van der Waals surface area contributed by atoms with Gasteiger partial charge in [-0.05, 0) is 33.2 Å². The Morgan fingerprint density at radius 2 is 1.82 bits per heavy atom. The van der Waals surface area contributed by atoms with Gasteiger partial charge in [-0.25, -0.2) is 0 Å². The number of hydrogen-bond donors (Lipinski definition) is 0. The minimum absolute atomic E-state index is 0.00205. The number of aromatic nitrogens is 2. The maximum absolute atomic E-state index is 11.4. The topological polar surface area (TPSA) is 79.4 Å². The van der Waals surface area contributed by atoms with Gasteiger partial charge in [0.2, 0.25) is 0 Å². The molecule has 0 saturated carbocycles. The van der Waals surface area contributed by atoms with Crippen LogP contribution in [0, 0.1) is 10.1 Å². The van der Waals surface area contributed by atoms with Gasteiger partial charge < -0.3 is 9.31 Å². The van der Waals surface area contributed by atoms with Crippen molar-refractivity contribution >= 4 is 29.2 Å². The van der Waals surface area contributed by atoms with Crippen LogP contribution in [0.25, 0.3) is 10.9 Å². The van der Waals surface area contributed by atoms with E-state index in [1.54, 1.807) is 13.2 Å². The van der Waals surface area contributed by atoms with E-state index in [9.17, 15) is 10.1 Å². The van der Waals surface area contributed by atoms with Crippen molar-refractivity contribution in [3.8, 4) is 0 Å². The predicted molar refractivity (Wildman–Crippen MR) is 83.1 cm³/mol. The molecule has 0 atom stereocenters. The third-order valence-corrected chi connectivity index (χ3v) is 4.56. The fourth-order valence-corrected chi connectivity index (χ4v) is 2.58. The third-order valence-electron chi connectivity index (χ3n) is 4.56. The van der Waals surface area contributed by atoms with Crippen LogP contribution in [0.4, 0.5) is 5.69 Å². The molecule has 1 saturated heterocycles. The summed E-state index contributed by atoms with van der Waals surface area (Å²) in [6.07, 6.45) is 1.61. The van der Waals surface area contributed by atoms with E-state index in [4.69, 9.17) is 9.31 Å². The number of nitro benzene ring substituents is 1. The molecule has 2 heterocycles. The lowest BCUT2D eigenvalue weighted by atomic mass is 9.78. The summed E-state index contributed by atoms with van der Waals surface area (Å²) < 4.78 is 13.4. The van der Waals surface area contributed by atoms with Crippen LogP contribution < -0.4 is 5.46 Å². The van der Waals surface area contributed by atoms with Gasteiger partial charge in [0.05, 0.1) is 22.3 Å². The maximum Gasteiger partial charge on any atom is 0.495 e. The van der Waals surface area contributed by atoms with Crippen LogP contribution in [0.15, 0.2) is 18.3 Å². The van der Waals surface area contributed by atoms with Gasteiger partial charge in [0.1, 0.15) is 5.52 Å². The second-order valence-corrected chi connectivity index (χ2v) is 6.59. The van der Waals surface area contributed by atoms with Crippen molar-refractivity contribution in [1.82, 2.24) is 9.78 Å². The lowest BCUT2D eigenvalue weighted by Crippen LogP contribution is -2.41. The number of non-ortho nitro benzene ring substituents is 1. The standard InChI is InChI=1S/C14H18BN3O4/c1-13(2)14(3,4)22-15(21-13)10-6-9-8-16-17(5)12(9)11(7-10)18(19)20/h6-8H,1-5H3. The molecule has 0 unspecified atom stereocenters. The Balaban J connectivity index is 2.12. The molecule has 0 bridgehead atoms. The summed E-state index contributed by atoms with van der Waals surface area (Å²) in [6, 6.07) is 3.34. The zero-order chi connectivity index (χ0) is 16.3. The van der Waals surface area contributed by atoms with Crippen molar-refractivity contribution in [1.29, 1.82) is 0 Å². The molecule has 8 heteroatoms. The maximum atomic E-state index is 11.4. The Bertz CT molecular complexity index is 753. The lowest BCUT2D eigenvalue weighted by molar-refractivity contribution is -0.383. The fourth-order valence-electron chi connectivity index (χ4n) is 2.58. The van der Waals surface area contributed by atoms with Gasteiger partial charge in [-0.3, -0.25) is 14.8 Å². The molecule has 1 aliphatic rings. The summed E-state index contributed by atoms with van der Waals surface area (Å²) in [5.74, 6) is 0. The van der Waals surface area contributed by atoms with Gasteiger partial charge in [0.25, 0.3) is 5.69 Å². The van der Waals surface area contributed by atoms with Gasteiger partial charge in [0.15, 0.2) is 0 Å². The van der Waals surface area contributed by atoms with Gasteiger partial charge in [-0.1, -0.05) is 6.07 Å². The number of nitrogens with zero attached hydrogens (tertiary/aromatic N) is 3. The Morgan fingerprint density at radius 1 is 1.23 bits per heavy atom.